The summed E-state index contributed by atoms with van der Waals surface area (Å²) in [5.74, 6) is 0. The molecule has 0 aliphatic rings. The van der Waals surface area contributed by atoms with Crippen LogP contribution in [0.1, 0.15) is 0 Å². The van der Waals surface area contributed by atoms with Gasteiger partial charge in [0.1, 0.15) is 0 Å². The lowest BCUT2D eigenvalue weighted by Gasteiger charge is -1.94. The molecule has 0 amide bonds. The number of hydrogen-bond donors (Lipinski definition) is 0. The second-order valence-corrected chi connectivity index (χ2v) is 1.93. The molecule has 7 heteroatoms. The van der Waals surface area contributed by atoms with Crippen LogP contribution in [0.4, 0.5) is 17.3 Å². The lowest BCUT2D eigenvalue weighted by atomic mass is 10.3. The molecule has 0 aliphatic carbocycles. The van der Waals surface area contributed by atoms with Gasteiger partial charge in [-0.2, -0.15) is 0 Å². The fourth-order valence-corrected chi connectivity index (χ4v) is 0.527. The van der Waals surface area contributed by atoms with E-state index in [0.29, 0.717) is 0 Å². The smallest absolute Gasteiger partial charge is 0.418 e. The highest BCUT2D eigenvalue weighted by molar-refractivity contribution is 7.07. The van der Waals surface area contributed by atoms with Crippen LogP contribution in [0.3, 0.4) is 0 Å². The molecule has 0 N–H and O–H groups in total. The zero-order valence-electron chi connectivity index (χ0n) is 4.68. The molecule has 0 fully saturated rings. The van der Waals surface area contributed by atoms with E-state index in [2.05, 4.69) is 4.98 Å². The van der Waals surface area contributed by atoms with E-state index >= 15 is 0 Å². The highest BCUT2D eigenvalue weighted by Crippen LogP contribution is 2.06. The molecule has 1 aromatic heterocycles. The number of nitrogens with zero attached hydrogens (tertiary/aromatic N) is 1. The average Bonchev–Trinajstić information content (AvgIpc) is 2.07. The maximum atomic E-state index is 9.75. The third-order valence-electron chi connectivity index (χ3n) is 0.347. The van der Waals surface area contributed by atoms with Crippen molar-refractivity contribution >= 4 is 18.6 Å². The molecule has 0 bridgehead atoms. The second-order valence-electron chi connectivity index (χ2n) is 1.17. The Hall–Kier alpha value is -0.585. The number of halogens is 4. The van der Waals surface area contributed by atoms with E-state index in [0.717, 1.165) is 0 Å². The average molecular weight is 172 g/mol. The summed E-state index contributed by atoms with van der Waals surface area (Å²) in [5.41, 5.74) is 1.79. The summed E-state index contributed by atoms with van der Waals surface area (Å²) in [6.07, 6.45) is 1.77. The minimum absolute atomic E-state index is 1.60. The van der Waals surface area contributed by atoms with Crippen LogP contribution in [0.15, 0.2) is 17.1 Å². The van der Waals surface area contributed by atoms with Gasteiger partial charge >= 0.3 is 7.25 Å². The Labute approximate surface area is 58.8 Å². The molecule has 10 heavy (non-hydrogen) atoms. The minimum Gasteiger partial charge on any atom is -0.418 e. The molecule has 0 saturated heterocycles. The fourth-order valence-electron chi connectivity index (χ4n) is 0.176. The van der Waals surface area contributed by atoms with Crippen molar-refractivity contribution in [2.45, 2.75) is 0 Å². The van der Waals surface area contributed by atoms with Gasteiger partial charge in [-0.1, -0.05) is 0 Å². The molecule has 58 valence electrons. The lowest BCUT2D eigenvalue weighted by Crippen LogP contribution is -2.02. The highest BCUT2D eigenvalue weighted by Gasteiger charge is 2.20. The molecular formula is C3H3BF4NS-. The van der Waals surface area contributed by atoms with Crippen LogP contribution >= 0.6 is 11.3 Å². The molecule has 0 aliphatic heterocycles. The van der Waals surface area contributed by atoms with Gasteiger partial charge in [-0.25, -0.2) is 0 Å². The summed E-state index contributed by atoms with van der Waals surface area (Å²) in [6, 6.07) is 0. The quantitative estimate of drug-likeness (QED) is 0.432. The molecule has 0 atom stereocenters. The van der Waals surface area contributed by atoms with Crippen LogP contribution < -0.4 is 0 Å². The van der Waals surface area contributed by atoms with E-state index in [1.54, 1.807) is 23.0 Å². The van der Waals surface area contributed by atoms with E-state index < -0.39 is 7.25 Å². The minimum atomic E-state index is -6.00. The summed E-state index contributed by atoms with van der Waals surface area (Å²) in [5, 5.41) is 1.93. The SMILES string of the molecule is F[B-](F)(F)F.c1cscn1. The standard InChI is InChI=1S/C3H3NS.BF4/c1-2-5-3-4-1;2-1(3,4)5/h1-3H;/q;-1. The first-order valence-corrected chi connectivity index (χ1v) is 3.14. The Morgan fingerprint density at radius 3 is 1.80 bits per heavy atom. The van der Waals surface area contributed by atoms with E-state index in [9.17, 15) is 17.3 Å². The number of hydrogen-bond acceptors (Lipinski definition) is 2. The Kier molecular flexibility index (Phi) is 4.02. The van der Waals surface area contributed by atoms with E-state index in [1.165, 1.54) is 0 Å². The summed E-state index contributed by atoms with van der Waals surface area (Å²) in [6.45, 7) is 0. The largest absolute Gasteiger partial charge is 0.673 e. The maximum absolute atomic E-state index is 9.75. The van der Waals surface area contributed by atoms with Crippen molar-refractivity contribution in [3.05, 3.63) is 17.1 Å². The fraction of sp³-hybridized carbons (Fsp3) is 0. The first kappa shape index (κ1) is 9.41. The van der Waals surface area contributed by atoms with Gasteiger partial charge in [0.2, 0.25) is 0 Å². The van der Waals surface area contributed by atoms with Gasteiger partial charge in [-0.15, -0.1) is 11.3 Å². The third-order valence-corrected chi connectivity index (χ3v) is 0.869. The van der Waals surface area contributed by atoms with Gasteiger partial charge in [0, 0.05) is 11.6 Å². The molecule has 0 aromatic carbocycles. The van der Waals surface area contributed by atoms with Gasteiger partial charge in [0.15, 0.2) is 0 Å². The Morgan fingerprint density at radius 2 is 1.70 bits per heavy atom. The summed E-state index contributed by atoms with van der Waals surface area (Å²) in [4.78, 5) is 3.74. The molecule has 0 spiro atoms. The Bertz CT molecular complexity index is 127. The van der Waals surface area contributed by atoms with Gasteiger partial charge in [0.05, 0.1) is 5.51 Å². The van der Waals surface area contributed by atoms with E-state index in [-0.39, 0.29) is 0 Å². The third kappa shape index (κ3) is 15.7. The number of rotatable bonds is 0. The topological polar surface area (TPSA) is 12.9 Å². The van der Waals surface area contributed by atoms with Crippen molar-refractivity contribution in [1.29, 1.82) is 0 Å². The molecule has 1 aromatic rings. The maximum Gasteiger partial charge on any atom is 0.673 e. The van der Waals surface area contributed by atoms with Gasteiger partial charge in [-0.3, -0.25) is 4.98 Å². The molecule has 0 saturated carbocycles. The zero-order chi connectivity index (χ0) is 8.04. The van der Waals surface area contributed by atoms with Crippen LogP contribution in [-0.2, 0) is 0 Å². The molecule has 0 radical (unpaired) electrons. The molecule has 1 rings (SSSR count). The Balaban J connectivity index is 0.000000162. The van der Waals surface area contributed by atoms with Crippen molar-refractivity contribution in [2.75, 3.05) is 0 Å². The molecule has 1 heterocycles. The first-order valence-electron chi connectivity index (χ1n) is 2.19. The van der Waals surface area contributed by atoms with Gasteiger partial charge in [0.25, 0.3) is 0 Å². The number of thiazole rings is 1. The normalized spacial score (nSPS) is 10.0. The van der Waals surface area contributed by atoms with Gasteiger partial charge < -0.3 is 17.3 Å². The number of aromatic nitrogens is 1. The molecule has 0 unspecified atom stereocenters. The lowest BCUT2D eigenvalue weighted by molar-refractivity contribution is 0.368. The van der Waals surface area contributed by atoms with Crippen LogP contribution in [0.2, 0.25) is 0 Å². The van der Waals surface area contributed by atoms with Gasteiger partial charge in [-0.05, 0) is 0 Å². The summed E-state index contributed by atoms with van der Waals surface area (Å²) >= 11 is 1.60. The van der Waals surface area contributed by atoms with Crippen molar-refractivity contribution < 1.29 is 17.3 Å². The first-order chi connectivity index (χ1) is 4.50. The van der Waals surface area contributed by atoms with E-state index in [1.807, 2.05) is 5.38 Å². The predicted octanol–water partition coefficient (Wildman–Crippen LogP) is 2.44. The van der Waals surface area contributed by atoms with Crippen molar-refractivity contribution in [3.63, 3.8) is 0 Å². The predicted molar refractivity (Wildman–Crippen MR) is 32.3 cm³/mol. The van der Waals surface area contributed by atoms with E-state index in [4.69, 9.17) is 0 Å². The highest BCUT2D eigenvalue weighted by atomic mass is 32.1. The van der Waals surface area contributed by atoms with Crippen LogP contribution in [0.5, 0.6) is 0 Å². The Morgan fingerprint density at radius 1 is 1.20 bits per heavy atom. The van der Waals surface area contributed by atoms with Crippen LogP contribution in [-0.4, -0.2) is 12.2 Å². The van der Waals surface area contributed by atoms with Crippen molar-refractivity contribution in [3.8, 4) is 0 Å². The molecule has 1 nitrogen and oxygen atoms in total. The zero-order valence-corrected chi connectivity index (χ0v) is 5.49. The van der Waals surface area contributed by atoms with Crippen LogP contribution in [0.25, 0.3) is 0 Å². The summed E-state index contributed by atoms with van der Waals surface area (Å²) < 4.78 is 39.0. The van der Waals surface area contributed by atoms with Crippen LogP contribution in [0, 0.1) is 0 Å². The monoisotopic (exact) mass is 172 g/mol. The summed E-state index contributed by atoms with van der Waals surface area (Å²) in [7, 11) is -6.00. The molecular weight excluding hydrogens is 169 g/mol. The van der Waals surface area contributed by atoms with Crippen molar-refractivity contribution in [2.24, 2.45) is 0 Å². The second kappa shape index (κ2) is 4.27. The van der Waals surface area contributed by atoms with Crippen molar-refractivity contribution in [1.82, 2.24) is 4.98 Å².